The summed E-state index contributed by atoms with van der Waals surface area (Å²) in [7, 11) is 1.84. The van der Waals surface area contributed by atoms with E-state index in [0.29, 0.717) is 23.6 Å². The minimum absolute atomic E-state index is 0.124. The Morgan fingerprint density at radius 1 is 1.53 bits per heavy atom. The van der Waals surface area contributed by atoms with Crippen molar-refractivity contribution in [3.05, 3.63) is 35.0 Å². The molecule has 0 aromatic carbocycles. The Bertz CT molecular complexity index is 583. The standard InChI is InChI=1S/C13H18N4O2/c1-8(2)12-11(9(3)16-19-12)13(18)14-7-10-5-6-15-17(10)4/h5-6,8H,7H2,1-4H3,(H,14,18). The molecule has 0 aliphatic heterocycles. The second kappa shape index (κ2) is 5.26. The number of carbonyl (C=O) groups is 1. The molecule has 0 atom stereocenters. The van der Waals surface area contributed by atoms with Crippen molar-refractivity contribution in [2.45, 2.75) is 33.2 Å². The number of nitrogens with one attached hydrogen (secondary N) is 1. The molecule has 0 saturated heterocycles. The van der Waals surface area contributed by atoms with Crippen LogP contribution in [0.15, 0.2) is 16.8 Å². The number of rotatable bonds is 4. The van der Waals surface area contributed by atoms with Crippen LogP contribution in [0.2, 0.25) is 0 Å². The van der Waals surface area contributed by atoms with Crippen LogP contribution in [0.25, 0.3) is 0 Å². The molecule has 0 fully saturated rings. The fourth-order valence-electron chi connectivity index (χ4n) is 1.89. The molecular formula is C13H18N4O2. The molecule has 0 spiro atoms. The first-order valence-electron chi connectivity index (χ1n) is 6.22. The molecule has 0 bridgehead atoms. The predicted octanol–water partition coefficient (Wildman–Crippen LogP) is 1.77. The zero-order valence-electron chi connectivity index (χ0n) is 11.6. The van der Waals surface area contributed by atoms with Crippen LogP contribution in [0.1, 0.15) is 47.3 Å². The molecule has 0 saturated carbocycles. The molecule has 1 N–H and O–H groups in total. The molecule has 2 heterocycles. The highest BCUT2D eigenvalue weighted by Crippen LogP contribution is 2.22. The van der Waals surface area contributed by atoms with Crippen LogP contribution in [-0.2, 0) is 13.6 Å². The fraction of sp³-hybridized carbons (Fsp3) is 0.462. The van der Waals surface area contributed by atoms with Crippen molar-refractivity contribution < 1.29 is 9.32 Å². The molecule has 102 valence electrons. The van der Waals surface area contributed by atoms with Crippen LogP contribution in [0, 0.1) is 6.92 Å². The van der Waals surface area contributed by atoms with Crippen LogP contribution in [0.4, 0.5) is 0 Å². The summed E-state index contributed by atoms with van der Waals surface area (Å²) in [6.45, 7) is 6.14. The average molecular weight is 262 g/mol. The van der Waals surface area contributed by atoms with E-state index in [9.17, 15) is 4.79 Å². The summed E-state index contributed by atoms with van der Waals surface area (Å²) in [6, 6.07) is 1.87. The van der Waals surface area contributed by atoms with Gasteiger partial charge in [-0.05, 0) is 13.0 Å². The number of hydrogen-bond acceptors (Lipinski definition) is 4. The van der Waals surface area contributed by atoms with Crippen molar-refractivity contribution in [1.29, 1.82) is 0 Å². The minimum atomic E-state index is -0.163. The van der Waals surface area contributed by atoms with Crippen LogP contribution < -0.4 is 5.32 Å². The minimum Gasteiger partial charge on any atom is -0.360 e. The van der Waals surface area contributed by atoms with Gasteiger partial charge in [-0.15, -0.1) is 0 Å². The van der Waals surface area contributed by atoms with Gasteiger partial charge in [-0.1, -0.05) is 19.0 Å². The lowest BCUT2D eigenvalue weighted by molar-refractivity contribution is 0.0947. The van der Waals surface area contributed by atoms with Gasteiger partial charge in [0, 0.05) is 19.2 Å². The van der Waals surface area contributed by atoms with E-state index in [-0.39, 0.29) is 11.8 Å². The first-order valence-corrected chi connectivity index (χ1v) is 6.22. The number of nitrogens with zero attached hydrogens (tertiary/aromatic N) is 3. The van der Waals surface area contributed by atoms with E-state index in [0.717, 1.165) is 5.69 Å². The molecule has 0 aliphatic rings. The van der Waals surface area contributed by atoms with Crippen molar-refractivity contribution in [1.82, 2.24) is 20.3 Å². The van der Waals surface area contributed by atoms with E-state index >= 15 is 0 Å². The molecule has 2 aromatic heterocycles. The summed E-state index contributed by atoms with van der Waals surface area (Å²) in [5, 5.41) is 10.8. The van der Waals surface area contributed by atoms with Gasteiger partial charge in [0.1, 0.15) is 5.56 Å². The topological polar surface area (TPSA) is 73.0 Å². The third-order valence-electron chi connectivity index (χ3n) is 2.99. The highest BCUT2D eigenvalue weighted by Gasteiger charge is 2.22. The molecule has 19 heavy (non-hydrogen) atoms. The zero-order valence-corrected chi connectivity index (χ0v) is 11.6. The quantitative estimate of drug-likeness (QED) is 0.911. The van der Waals surface area contributed by atoms with Gasteiger partial charge < -0.3 is 9.84 Å². The van der Waals surface area contributed by atoms with Crippen LogP contribution in [0.3, 0.4) is 0 Å². The van der Waals surface area contributed by atoms with E-state index in [1.807, 2.05) is 27.0 Å². The van der Waals surface area contributed by atoms with Gasteiger partial charge >= 0.3 is 0 Å². The molecule has 2 rings (SSSR count). The Morgan fingerprint density at radius 3 is 2.84 bits per heavy atom. The van der Waals surface area contributed by atoms with Gasteiger partial charge in [-0.25, -0.2) is 0 Å². The van der Waals surface area contributed by atoms with Gasteiger partial charge in [0.15, 0.2) is 5.76 Å². The van der Waals surface area contributed by atoms with E-state index in [1.165, 1.54) is 0 Å². The van der Waals surface area contributed by atoms with Gasteiger partial charge in [-0.3, -0.25) is 9.48 Å². The largest absolute Gasteiger partial charge is 0.360 e. The first-order chi connectivity index (χ1) is 9.00. The summed E-state index contributed by atoms with van der Waals surface area (Å²) in [6.07, 6.45) is 1.70. The molecule has 6 heteroatoms. The Hall–Kier alpha value is -2.11. The number of amides is 1. The molecule has 2 aromatic rings. The Kier molecular flexibility index (Phi) is 3.69. The maximum atomic E-state index is 12.2. The number of aryl methyl sites for hydroxylation is 2. The van der Waals surface area contributed by atoms with Crippen molar-refractivity contribution in [2.24, 2.45) is 7.05 Å². The highest BCUT2D eigenvalue weighted by atomic mass is 16.5. The molecular weight excluding hydrogens is 244 g/mol. The second-order valence-electron chi connectivity index (χ2n) is 4.79. The summed E-state index contributed by atoms with van der Waals surface area (Å²) >= 11 is 0. The molecule has 0 radical (unpaired) electrons. The van der Waals surface area contributed by atoms with Gasteiger partial charge in [0.2, 0.25) is 0 Å². The van der Waals surface area contributed by atoms with Gasteiger partial charge in [0.05, 0.1) is 17.9 Å². The third-order valence-corrected chi connectivity index (χ3v) is 2.99. The number of aromatic nitrogens is 3. The monoisotopic (exact) mass is 262 g/mol. The summed E-state index contributed by atoms with van der Waals surface area (Å²) < 4.78 is 6.94. The second-order valence-corrected chi connectivity index (χ2v) is 4.79. The van der Waals surface area contributed by atoms with E-state index in [2.05, 4.69) is 15.6 Å². The Labute approximate surface area is 111 Å². The Balaban J connectivity index is 2.12. The van der Waals surface area contributed by atoms with Crippen LogP contribution >= 0.6 is 0 Å². The highest BCUT2D eigenvalue weighted by molar-refractivity contribution is 5.96. The predicted molar refractivity (Wildman–Crippen MR) is 69.7 cm³/mol. The van der Waals surface area contributed by atoms with Crippen LogP contribution in [-0.4, -0.2) is 20.8 Å². The lowest BCUT2D eigenvalue weighted by atomic mass is 10.0. The maximum Gasteiger partial charge on any atom is 0.257 e. The SMILES string of the molecule is Cc1noc(C(C)C)c1C(=O)NCc1ccnn1C. The van der Waals surface area contributed by atoms with Gasteiger partial charge in [0.25, 0.3) is 5.91 Å². The lowest BCUT2D eigenvalue weighted by Gasteiger charge is -2.07. The van der Waals surface area contributed by atoms with Gasteiger partial charge in [-0.2, -0.15) is 5.10 Å². The van der Waals surface area contributed by atoms with E-state index in [1.54, 1.807) is 17.8 Å². The number of hydrogen-bond donors (Lipinski definition) is 1. The lowest BCUT2D eigenvalue weighted by Crippen LogP contribution is -2.25. The number of carbonyl (C=O) groups excluding carboxylic acids is 1. The first kappa shape index (κ1) is 13.3. The van der Waals surface area contributed by atoms with E-state index in [4.69, 9.17) is 4.52 Å². The van der Waals surface area contributed by atoms with Crippen molar-refractivity contribution in [2.75, 3.05) is 0 Å². The zero-order chi connectivity index (χ0) is 14.0. The summed E-state index contributed by atoms with van der Waals surface area (Å²) in [5.74, 6) is 0.585. The summed E-state index contributed by atoms with van der Waals surface area (Å²) in [5.41, 5.74) is 2.09. The molecule has 1 amide bonds. The van der Waals surface area contributed by atoms with E-state index < -0.39 is 0 Å². The van der Waals surface area contributed by atoms with Crippen molar-refractivity contribution in [3.63, 3.8) is 0 Å². The normalized spacial score (nSPS) is 11.0. The molecule has 0 aliphatic carbocycles. The average Bonchev–Trinajstić information content (AvgIpc) is 2.92. The third kappa shape index (κ3) is 2.67. The Morgan fingerprint density at radius 2 is 2.26 bits per heavy atom. The summed E-state index contributed by atoms with van der Waals surface area (Å²) in [4.78, 5) is 12.2. The van der Waals surface area contributed by atoms with Crippen LogP contribution in [0.5, 0.6) is 0 Å². The maximum absolute atomic E-state index is 12.2. The molecule has 0 unspecified atom stereocenters. The fourth-order valence-corrected chi connectivity index (χ4v) is 1.89. The molecule has 6 nitrogen and oxygen atoms in total. The van der Waals surface area contributed by atoms with Crippen molar-refractivity contribution >= 4 is 5.91 Å². The van der Waals surface area contributed by atoms with Crippen molar-refractivity contribution in [3.8, 4) is 0 Å². The smallest absolute Gasteiger partial charge is 0.257 e.